The molecule has 6 nitrogen and oxygen atoms in total. The molecule has 0 amide bonds. The molecule has 1 saturated carbocycles. The van der Waals surface area contributed by atoms with Gasteiger partial charge < -0.3 is 15.5 Å². The van der Waals surface area contributed by atoms with Crippen molar-refractivity contribution in [3.8, 4) is 0 Å². The highest BCUT2D eigenvalue weighted by atomic mass is 19.4. The standard InChI is InChI=1S/C21H28F5N5O/c1-19(2,21(24,25)26)32-8-14(27)18-29-15-6-5-13(7-16(15)30-18)17(12-3-4-12)31-10-20(22,23)9-28-11-31/h5-7,12,14,17,28H,3-4,8-11,27H2,1-2H3,(H,29,30)/t14-,17+/m0/s1. The lowest BCUT2D eigenvalue weighted by Crippen LogP contribution is -2.54. The molecule has 2 heterocycles. The number of rotatable bonds is 7. The number of fused-ring (bicyclic) bond motifs is 1. The van der Waals surface area contributed by atoms with E-state index in [2.05, 4.69) is 15.3 Å². The van der Waals surface area contributed by atoms with E-state index in [1.54, 1.807) is 11.0 Å². The number of nitrogens with two attached hydrogens (primary N) is 1. The average molecular weight is 461 g/mol. The number of hydrogen-bond acceptors (Lipinski definition) is 5. The molecule has 1 aliphatic carbocycles. The van der Waals surface area contributed by atoms with Gasteiger partial charge in [0.05, 0.1) is 36.8 Å². The zero-order valence-corrected chi connectivity index (χ0v) is 18.0. The lowest BCUT2D eigenvalue weighted by Gasteiger charge is -2.39. The molecule has 2 aliphatic rings. The third-order valence-corrected chi connectivity index (χ3v) is 6.12. The maximum atomic E-state index is 14.0. The topological polar surface area (TPSA) is 79.2 Å². The predicted octanol–water partition coefficient (Wildman–Crippen LogP) is 3.87. The summed E-state index contributed by atoms with van der Waals surface area (Å²) in [6, 6.07) is 4.50. The minimum absolute atomic E-state index is 0.144. The maximum Gasteiger partial charge on any atom is 0.416 e. The SMILES string of the molecule is CC(C)(OC[C@H](N)c1nc2ccc([C@@H](C3CC3)N3CNCC(F)(F)C3)cc2[nH]1)C(F)(F)F. The van der Waals surface area contributed by atoms with E-state index in [0.29, 0.717) is 29.4 Å². The van der Waals surface area contributed by atoms with Crippen molar-refractivity contribution in [2.45, 2.75) is 56.5 Å². The summed E-state index contributed by atoms with van der Waals surface area (Å²) >= 11 is 0. The Kier molecular flexibility index (Phi) is 5.98. The van der Waals surface area contributed by atoms with E-state index < -0.39 is 23.7 Å². The molecular weight excluding hydrogens is 433 g/mol. The second-order valence-electron chi connectivity index (χ2n) is 9.29. The first-order chi connectivity index (χ1) is 14.9. The first-order valence-corrected chi connectivity index (χ1v) is 10.6. The Balaban J connectivity index is 1.52. The lowest BCUT2D eigenvalue weighted by atomic mass is 9.99. The second-order valence-corrected chi connectivity index (χ2v) is 9.29. The molecule has 0 bridgehead atoms. The fourth-order valence-electron chi connectivity index (χ4n) is 4.05. The largest absolute Gasteiger partial charge is 0.416 e. The van der Waals surface area contributed by atoms with Crippen LogP contribution in [0.1, 0.15) is 50.2 Å². The molecule has 0 spiro atoms. The van der Waals surface area contributed by atoms with Crippen molar-refractivity contribution in [1.29, 1.82) is 0 Å². The first-order valence-electron chi connectivity index (χ1n) is 10.6. The molecule has 0 unspecified atom stereocenters. The third kappa shape index (κ3) is 4.90. The Bertz CT molecular complexity index is 956. The van der Waals surface area contributed by atoms with Crippen molar-refractivity contribution < 1.29 is 26.7 Å². The molecule has 32 heavy (non-hydrogen) atoms. The highest BCUT2D eigenvalue weighted by molar-refractivity contribution is 5.76. The van der Waals surface area contributed by atoms with Crippen LogP contribution in [0.5, 0.6) is 0 Å². The number of hydrogen-bond donors (Lipinski definition) is 3. The minimum atomic E-state index is -4.52. The van der Waals surface area contributed by atoms with E-state index in [9.17, 15) is 22.0 Å². The van der Waals surface area contributed by atoms with E-state index in [1.165, 1.54) is 0 Å². The van der Waals surface area contributed by atoms with Gasteiger partial charge in [0.1, 0.15) is 5.82 Å². The molecule has 2 aromatic rings. The predicted molar refractivity (Wildman–Crippen MR) is 109 cm³/mol. The van der Waals surface area contributed by atoms with Crippen LogP contribution in [0, 0.1) is 5.92 Å². The van der Waals surface area contributed by atoms with Gasteiger partial charge in [-0.25, -0.2) is 13.8 Å². The van der Waals surface area contributed by atoms with Crippen molar-refractivity contribution in [1.82, 2.24) is 20.2 Å². The molecule has 1 aromatic heterocycles. The molecule has 4 rings (SSSR count). The van der Waals surface area contributed by atoms with Crippen LogP contribution in [-0.2, 0) is 4.74 Å². The van der Waals surface area contributed by atoms with Gasteiger partial charge in [0, 0.05) is 12.7 Å². The van der Waals surface area contributed by atoms with E-state index in [0.717, 1.165) is 32.3 Å². The average Bonchev–Trinajstić information content (AvgIpc) is 3.41. The van der Waals surface area contributed by atoms with Crippen LogP contribution in [0.3, 0.4) is 0 Å². The van der Waals surface area contributed by atoms with Crippen molar-refractivity contribution in [3.63, 3.8) is 0 Å². The molecule has 2 atom stereocenters. The summed E-state index contributed by atoms with van der Waals surface area (Å²) in [7, 11) is 0. The Morgan fingerprint density at radius 2 is 2.00 bits per heavy atom. The highest BCUT2D eigenvalue weighted by Crippen LogP contribution is 2.46. The lowest BCUT2D eigenvalue weighted by molar-refractivity contribution is -0.264. The monoisotopic (exact) mass is 461 g/mol. The molecule has 1 saturated heterocycles. The minimum Gasteiger partial charge on any atom is -0.364 e. The van der Waals surface area contributed by atoms with E-state index >= 15 is 0 Å². The quantitative estimate of drug-likeness (QED) is 0.546. The molecule has 2 fully saturated rings. The van der Waals surface area contributed by atoms with E-state index in [-0.39, 0.29) is 25.7 Å². The van der Waals surface area contributed by atoms with Gasteiger partial charge in [0.2, 0.25) is 0 Å². The van der Waals surface area contributed by atoms with E-state index in [4.69, 9.17) is 10.5 Å². The summed E-state index contributed by atoms with van der Waals surface area (Å²) in [5, 5.41) is 2.80. The molecular formula is C21H28F5N5O. The fourth-order valence-corrected chi connectivity index (χ4v) is 4.05. The Labute approximate surface area is 182 Å². The van der Waals surface area contributed by atoms with E-state index in [1.807, 2.05) is 12.1 Å². The number of imidazole rings is 1. The smallest absolute Gasteiger partial charge is 0.364 e. The first kappa shape index (κ1) is 23.3. The maximum absolute atomic E-state index is 14.0. The normalized spacial score (nSPS) is 22.2. The van der Waals surface area contributed by atoms with Gasteiger partial charge >= 0.3 is 6.18 Å². The number of H-pyrrole nitrogens is 1. The summed E-state index contributed by atoms with van der Waals surface area (Å²) in [5.74, 6) is -2.16. The Morgan fingerprint density at radius 3 is 2.62 bits per heavy atom. The fraction of sp³-hybridized carbons (Fsp3) is 0.667. The van der Waals surface area contributed by atoms with Crippen molar-refractivity contribution in [2.24, 2.45) is 11.7 Å². The van der Waals surface area contributed by atoms with Crippen LogP contribution in [0.4, 0.5) is 22.0 Å². The molecule has 0 radical (unpaired) electrons. The number of halogens is 5. The molecule has 11 heteroatoms. The zero-order chi connectivity index (χ0) is 23.3. The summed E-state index contributed by atoms with van der Waals surface area (Å²) < 4.78 is 72.0. The number of aromatic nitrogens is 2. The second kappa shape index (κ2) is 8.19. The molecule has 1 aliphatic heterocycles. The van der Waals surface area contributed by atoms with Crippen LogP contribution in [0.2, 0.25) is 0 Å². The van der Waals surface area contributed by atoms with Gasteiger partial charge in [-0.15, -0.1) is 0 Å². The van der Waals surface area contributed by atoms with Crippen LogP contribution >= 0.6 is 0 Å². The molecule has 178 valence electrons. The van der Waals surface area contributed by atoms with Crippen LogP contribution < -0.4 is 11.1 Å². The third-order valence-electron chi connectivity index (χ3n) is 6.12. The van der Waals surface area contributed by atoms with Gasteiger partial charge in [0.15, 0.2) is 5.60 Å². The number of nitrogens with zero attached hydrogens (tertiary/aromatic N) is 2. The van der Waals surface area contributed by atoms with Crippen LogP contribution in [-0.4, -0.2) is 58.9 Å². The van der Waals surface area contributed by atoms with Gasteiger partial charge in [-0.05, 0) is 50.3 Å². The van der Waals surface area contributed by atoms with Crippen LogP contribution in [0.25, 0.3) is 11.0 Å². The molecule has 1 aromatic carbocycles. The Hall–Kier alpha value is -1.82. The van der Waals surface area contributed by atoms with Gasteiger partial charge in [0.25, 0.3) is 5.92 Å². The van der Waals surface area contributed by atoms with Gasteiger partial charge in [-0.2, -0.15) is 13.2 Å². The van der Waals surface area contributed by atoms with Gasteiger partial charge in [-0.1, -0.05) is 6.07 Å². The Morgan fingerprint density at radius 1 is 1.28 bits per heavy atom. The van der Waals surface area contributed by atoms with Crippen molar-refractivity contribution >= 4 is 11.0 Å². The number of benzene rings is 1. The zero-order valence-electron chi connectivity index (χ0n) is 18.0. The highest BCUT2D eigenvalue weighted by Gasteiger charge is 2.49. The summed E-state index contributed by atoms with van der Waals surface area (Å²) in [6.45, 7) is 1.29. The summed E-state index contributed by atoms with van der Waals surface area (Å²) in [5.41, 5.74) is 5.86. The number of aromatic amines is 1. The van der Waals surface area contributed by atoms with Crippen molar-refractivity contribution in [2.75, 3.05) is 26.4 Å². The number of ether oxygens (including phenoxy) is 1. The van der Waals surface area contributed by atoms with Crippen LogP contribution in [0.15, 0.2) is 18.2 Å². The van der Waals surface area contributed by atoms with Gasteiger partial charge in [-0.3, -0.25) is 10.2 Å². The number of alkyl halides is 5. The number of nitrogens with one attached hydrogen (secondary N) is 2. The van der Waals surface area contributed by atoms with Crippen molar-refractivity contribution in [3.05, 3.63) is 29.6 Å². The summed E-state index contributed by atoms with van der Waals surface area (Å²) in [6.07, 6.45) is -2.56. The summed E-state index contributed by atoms with van der Waals surface area (Å²) in [4.78, 5) is 9.22. The molecule has 4 N–H and O–H groups in total.